The lowest BCUT2D eigenvalue weighted by atomic mass is 9.33. The monoisotopic (exact) mass is 1480 g/mol. The first-order valence-electron chi connectivity index (χ1n) is 44.2. The second-order valence-electron chi connectivity index (χ2n) is 36.4. The molecule has 18 rings (SSSR count). The van der Waals surface area contributed by atoms with E-state index in [0.717, 1.165) is 151 Å². The Bertz CT molecular complexity index is 6870. The maximum atomic E-state index is 10.00. The summed E-state index contributed by atoms with van der Waals surface area (Å²) in [5.41, 5.74) is 30.2. The van der Waals surface area contributed by atoms with E-state index in [4.69, 9.17) is 0 Å². The van der Waals surface area contributed by atoms with Crippen LogP contribution in [0.3, 0.4) is 0 Å². The summed E-state index contributed by atoms with van der Waals surface area (Å²) in [6.07, 6.45) is 0. The standard InChI is InChI=1S/C110H100BN3/c1-106(2,3)81-47-33-43-76(61-81)74-41-31-45-78(59-74)93-66-83(108(7,8)9)64-91(72-37-21-17-22-38-72)104(93)113-99-63-80(88-50-26-25-49-87(88)71-35-19-16-20-36-71)55-57-95(99)111-96-58-56-86(112-97-53-29-27-51-89(97)90-52-28-30-54-98(90)112)70-100(96)114(102-69-85(110(13,14)15)68-101(113)103(102)111)105-92(73-39-23-18-24-40-73)65-84(109(10,11)12)67-94(105)79-46-32-42-75(60-79)77-44-34-48-82(62-77)107(4,5)6/h16-70H,1-15H3/i27D,28D,29D,30D,51D,52D,53D,54D. The predicted molar refractivity (Wildman–Crippen MR) is 492 cm³/mol. The summed E-state index contributed by atoms with van der Waals surface area (Å²) in [4.78, 5) is 5.14. The Balaban J connectivity index is 1.04. The molecular formula is C110H100BN3. The van der Waals surface area contributed by atoms with Gasteiger partial charge in [-0.3, -0.25) is 0 Å². The highest BCUT2D eigenvalue weighted by molar-refractivity contribution is 7.00. The molecule has 0 spiro atoms. The normalized spacial score (nSPS) is 14.0. The Morgan fingerprint density at radius 2 is 0.570 bits per heavy atom. The van der Waals surface area contributed by atoms with Crippen molar-refractivity contribution < 1.29 is 11.0 Å². The van der Waals surface area contributed by atoms with Gasteiger partial charge in [0.05, 0.1) is 33.4 Å². The van der Waals surface area contributed by atoms with Gasteiger partial charge < -0.3 is 14.4 Å². The number of para-hydroxylation sites is 2. The molecule has 0 aliphatic carbocycles. The third kappa shape index (κ3) is 13.1. The van der Waals surface area contributed by atoms with Gasteiger partial charge in [0, 0.05) is 61.5 Å². The lowest BCUT2D eigenvalue weighted by molar-refractivity contribution is 0.590. The van der Waals surface area contributed by atoms with Gasteiger partial charge in [0.25, 0.3) is 6.71 Å². The third-order valence-electron chi connectivity index (χ3n) is 23.6. The molecule has 15 aromatic carbocycles. The van der Waals surface area contributed by atoms with E-state index >= 15 is 0 Å². The van der Waals surface area contributed by atoms with Crippen molar-refractivity contribution in [1.82, 2.24) is 4.57 Å². The van der Waals surface area contributed by atoms with Crippen molar-refractivity contribution in [1.29, 1.82) is 0 Å². The van der Waals surface area contributed by atoms with Crippen LogP contribution in [0.1, 0.15) is 143 Å². The van der Waals surface area contributed by atoms with Gasteiger partial charge in [-0.05, 0) is 217 Å². The van der Waals surface area contributed by atoms with Crippen LogP contribution < -0.4 is 26.2 Å². The Morgan fingerprint density at radius 3 is 1.00 bits per heavy atom. The number of fused-ring (bicyclic) bond motifs is 7. The second kappa shape index (κ2) is 27.9. The molecule has 1 aromatic heterocycles. The van der Waals surface area contributed by atoms with Gasteiger partial charge in [-0.1, -0.05) is 358 Å². The summed E-state index contributed by atoms with van der Waals surface area (Å²) in [7, 11) is 0. The van der Waals surface area contributed by atoms with Crippen LogP contribution in [0.15, 0.2) is 333 Å². The number of hydrogen-bond donors (Lipinski definition) is 0. The van der Waals surface area contributed by atoms with Crippen molar-refractivity contribution in [2.45, 2.75) is 131 Å². The number of anilines is 6. The van der Waals surface area contributed by atoms with Gasteiger partial charge in [0.15, 0.2) is 0 Å². The van der Waals surface area contributed by atoms with Gasteiger partial charge in [0.2, 0.25) is 0 Å². The molecule has 0 bridgehead atoms. The van der Waals surface area contributed by atoms with Crippen molar-refractivity contribution in [2.75, 3.05) is 9.80 Å². The fourth-order valence-corrected chi connectivity index (χ4v) is 17.3. The van der Waals surface area contributed by atoms with Crippen LogP contribution in [-0.2, 0) is 27.1 Å². The number of hydrogen-bond acceptors (Lipinski definition) is 2. The summed E-state index contributed by atoms with van der Waals surface area (Å²) >= 11 is 0. The predicted octanol–water partition coefficient (Wildman–Crippen LogP) is 28.7. The van der Waals surface area contributed by atoms with E-state index in [9.17, 15) is 11.0 Å². The molecule has 3 heterocycles. The lowest BCUT2D eigenvalue weighted by Crippen LogP contribution is -2.61. The van der Waals surface area contributed by atoms with Gasteiger partial charge in [-0.2, -0.15) is 0 Å². The van der Waals surface area contributed by atoms with Gasteiger partial charge in [-0.25, -0.2) is 0 Å². The quantitative estimate of drug-likeness (QED) is 0.120. The van der Waals surface area contributed by atoms with Gasteiger partial charge >= 0.3 is 0 Å². The zero-order chi connectivity index (χ0) is 85.9. The van der Waals surface area contributed by atoms with E-state index in [1.807, 2.05) is 6.07 Å². The molecule has 0 saturated carbocycles. The molecule has 0 fully saturated rings. The van der Waals surface area contributed by atoms with Gasteiger partial charge in [-0.15, -0.1) is 0 Å². The molecule has 0 atom stereocenters. The maximum absolute atomic E-state index is 10.00. The molecule has 3 nitrogen and oxygen atoms in total. The maximum Gasteiger partial charge on any atom is 0.252 e. The average Bonchev–Trinajstić information content (AvgIpc) is 0.816. The fraction of sp³-hybridized carbons (Fsp3) is 0.182. The van der Waals surface area contributed by atoms with Crippen LogP contribution in [0.25, 0.3) is 117 Å². The van der Waals surface area contributed by atoms with E-state index in [-0.39, 0.29) is 55.6 Å². The Labute approximate surface area is 687 Å². The van der Waals surface area contributed by atoms with Crippen molar-refractivity contribution >= 4 is 79.0 Å². The zero-order valence-corrected chi connectivity index (χ0v) is 68.1. The highest BCUT2D eigenvalue weighted by Crippen LogP contribution is 2.56. The molecule has 0 amide bonds. The van der Waals surface area contributed by atoms with Crippen molar-refractivity contribution in [3.05, 3.63) is 361 Å². The number of nitrogens with zero attached hydrogens (tertiary/aromatic N) is 3. The highest BCUT2D eigenvalue weighted by atomic mass is 15.2. The van der Waals surface area contributed by atoms with Crippen LogP contribution >= 0.6 is 0 Å². The summed E-state index contributed by atoms with van der Waals surface area (Å²) in [5.74, 6) is 0. The van der Waals surface area contributed by atoms with Crippen LogP contribution in [0.4, 0.5) is 34.1 Å². The van der Waals surface area contributed by atoms with Crippen molar-refractivity contribution in [3.8, 4) is 94.7 Å². The van der Waals surface area contributed by atoms with Crippen molar-refractivity contribution in [3.63, 3.8) is 0 Å². The average molecular weight is 1480 g/mol. The topological polar surface area (TPSA) is 11.4 Å². The Hall–Kier alpha value is -12.2. The van der Waals surface area contributed by atoms with Crippen LogP contribution in [0.5, 0.6) is 0 Å². The first-order valence-corrected chi connectivity index (χ1v) is 40.2. The summed E-state index contributed by atoms with van der Waals surface area (Å²) < 4.78 is 78.3. The zero-order valence-electron chi connectivity index (χ0n) is 76.1. The molecule has 2 aliphatic rings. The number of rotatable bonds is 11. The summed E-state index contributed by atoms with van der Waals surface area (Å²) in [5, 5.41) is 0.0165. The molecule has 16 aromatic rings. The molecule has 0 radical (unpaired) electrons. The lowest BCUT2D eigenvalue weighted by Gasteiger charge is -2.47. The largest absolute Gasteiger partial charge is 0.310 e. The van der Waals surface area contributed by atoms with Crippen LogP contribution in [-0.4, -0.2) is 11.3 Å². The molecule has 4 heteroatoms. The van der Waals surface area contributed by atoms with E-state index in [0.29, 0.717) is 5.69 Å². The van der Waals surface area contributed by atoms with Gasteiger partial charge in [0.1, 0.15) is 0 Å². The molecule has 558 valence electrons. The second-order valence-corrected chi connectivity index (χ2v) is 36.4. The molecule has 0 saturated heterocycles. The van der Waals surface area contributed by atoms with E-state index in [1.165, 1.54) is 16.7 Å². The Morgan fingerprint density at radius 1 is 0.246 bits per heavy atom. The van der Waals surface area contributed by atoms with Crippen molar-refractivity contribution in [2.24, 2.45) is 0 Å². The van der Waals surface area contributed by atoms with E-state index < -0.39 is 48.4 Å². The molecule has 0 N–H and O–H groups in total. The Kier molecular flexibility index (Phi) is 15.7. The van der Waals surface area contributed by atoms with E-state index in [1.54, 1.807) is 4.57 Å². The highest BCUT2D eigenvalue weighted by Gasteiger charge is 2.47. The minimum absolute atomic E-state index is 0.00824. The summed E-state index contributed by atoms with van der Waals surface area (Å²) in [6.45, 7) is 33.8. The molecular weight excluding hydrogens is 1370 g/mol. The number of aromatic nitrogens is 1. The first kappa shape index (κ1) is 64.3. The van der Waals surface area contributed by atoms with Crippen LogP contribution in [0.2, 0.25) is 0 Å². The fourth-order valence-electron chi connectivity index (χ4n) is 17.3. The smallest absolute Gasteiger partial charge is 0.252 e. The molecule has 114 heavy (non-hydrogen) atoms. The third-order valence-corrected chi connectivity index (χ3v) is 23.6. The first-order chi connectivity index (χ1) is 58.0. The minimum atomic E-state index is -0.529. The molecule has 0 unspecified atom stereocenters. The van der Waals surface area contributed by atoms with Crippen LogP contribution in [0, 0.1) is 0 Å². The number of benzene rings is 15. The summed E-state index contributed by atoms with van der Waals surface area (Å²) in [6, 6.07) is 102. The SMILES string of the molecule is [2H]c1c([2H])c([2H])c2c(c1[2H])c1c([2H])c([2H])c([2H])c([2H])c1n2-c1ccc2c(c1)N(c1c(-c3ccccc3)cc(C(C)(C)C)cc1-c1cccc(-c3cccc(C(C)(C)C)c3)c1)c1cc(C(C)(C)C)cc3c1B2c1ccc(-c2ccccc2-c2ccccc2)cc1N3c1c(-c2ccccc2)cc(C(C)(C)C)cc1-c1cccc(-c2cccc(C(C)(C)C)c2)c1. The molecule has 2 aliphatic heterocycles. The minimum Gasteiger partial charge on any atom is -0.310 e. The van der Waals surface area contributed by atoms with E-state index in [2.05, 4.69) is 393 Å².